The summed E-state index contributed by atoms with van der Waals surface area (Å²) in [7, 11) is 0. The molecule has 3 aromatic rings. The Morgan fingerprint density at radius 3 is 2.66 bits per heavy atom. The van der Waals surface area contributed by atoms with Gasteiger partial charge in [0.25, 0.3) is 5.56 Å². The molecule has 2 aromatic heterocycles. The Kier molecular flexibility index (Phi) is 8.75. The normalized spacial score (nSPS) is 12.9. The van der Waals surface area contributed by atoms with Crippen LogP contribution in [-0.2, 0) is 32.3 Å². The molecule has 0 aliphatic rings. The number of H-pyrrole nitrogens is 1. The van der Waals surface area contributed by atoms with Gasteiger partial charge in [0.05, 0.1) is 12.9 Å². The van der Waals surface area contributed by atoms with Gasteiger partial charge in [-0.1, -0.05) is 44.2 Å². The lowest BCUT2D eigenvalue weighted by Gasteiger charge is -2.22. The van der Waals surface area contributed by atoms with Gasteiger partial charge in [-0.2, -0.15) is 4.98 Å². The third-order valence-electron chi connectivity index (χ3n) is 4.96. The number of nitrogens with zero attached hydrogens (tertiary/aromatic N) is 3. The minimum atomic E-state index is -0.964. The highest BCUT2D eigenvalue weighted by Gasteiger charge is 2.27. The Morgan fingerprint density at radius 1 is 1.23 bits per heavy atom. The molecule has 0 bridgehead atoms. The average molecular weight is 489 g/mol. The highest BCUT2D eigenvalue weighted by Crippen LogP contribution is 2.09. The molecule has 0 spiro atoms. The number of anilines is 1. The molecule has 0 aliphatic heterocycles. The van der Waals surface area contributed by atoms with Crippen molar-refractivity contribution in [3.8, 4) is 0 Å². The molecule has 188 valence electrons. The van der Waals surface area contributed by atoms with Crippen molar-refractivity contribution in [2.24, 2.45) is 5.92 Å². The van der Waals surface area contributed by atoms with Crippen molar-refractivity contribution in [1.82, 2.24) is 24.8 Å². The summed E-state index contributed by atoms with van der Waals surface area (Å²) in [6.07, 6.45) is -0.297. The Balaban J connectivity index is 1.51. The zero-order valence-corrected chi connectivity index (χ0v) is 19.3. The van der Waals surface area contributed by atoms with E-state index in [-0.39, 0.29) is 43.0 Å². The Hall–Kier alpha value is -3.97. The van der Waals surface area contributed by atoms with Crippen molar-refractivity contribution in [3.63, 3.8) is 0 Å². The van der Waals surface area contributed by atoms with Crippen molar-refractivity contribution < 1.29 is 28.9 Å². The second kappa shape index (κ2) is 11.9. The molecule has 2 atom stereocenters. The van der Waals surface area contributed by atoms with Crippen LogP contribution >= 0.6 is 0 Å². The number of aromatic nitrogens is 4. The number of alkyl carbamates (subject to hydrolysis) is 1. The van der Waals surface area contributed by atoms with E-state index in [1.807, 2.05) is 30.3 Å². The standard InChI is InChI=1S/C22H28N6O7/c1-13(2)16(25-22(32)34-9-14-6-4-3-5-7-14)20(31)33-10-15(8-29)35-12-28-11-24-17-18(28)26-21(23)27-19(17)30/h3-7,11,13,15-16,29H,8-10,12H2,1-2H3,(H,25,32)(H3,23,26,27,30)/t15-,16-/m0/s1. The second-order valence-electron chi connectivity index (χ2n) is 8.00. The molecule has 0 aliphatic carbocycles. The van der Waals surface area contributed by atoms with Gasteiger partial charge in [0.15, 0.2) is 11.2 Å². The number of imidazole rings is 1. The van der Waals surface area contributed by atoms with E-state index in [2.05, 4.69) is 20.3 Å². The summed E-state index contributed by atoms with van der Waals surface area (Å²) < 4.78 is 17.4. The number of ether oxygens (including phenoxy) is 3. The van der Waals surface area contributed by atoms with Crippen LogP contribution in [0.1, 0.15) is 19.4 Å². The number of nitrogens with two attached hydrogens (primary N) is 1. The quantitative estimate of drug-likeness (QED) is 0.278. The molecule has 0 unspecified atom stereocenters. The van der Waals surface area contributed by atoms with E-state index < -0.39 is 36.4 Å². The van der Waals surface area contributed by atoms with Crippen LogP contribution < -0.4 is 16.6 Å². The number of fused-ring (bicyclic) bond motifs is 1. The first kappa shape index (κ1) is 25.6. The Morgan fingerprint density at radius 2 is 1.97 bits per heavy atom. The second-order valence-corrected chi connectivity index (χ2v) is 8.00. The SMILES string of the molecule is CC(C)[C@H](NC(=O)OCc1ccccc1)C(=O)OC[C@H](CO)OCn1cnc2c(=O)[nH]c(N)nc21. The van der Waals surface area contributed by atoms with Crippen LogP contribution in [0.15, 0.2) is 41.5 Å². The fraction of sp³-hybridized carbons (Fsp3) is 0.409. The molecule has 2 heterocycles. The van der Waals surface area contributed by atoms with Gasteiger partial charge in [-0.15, -0.1) is 0 Å². The van der Waals surface area contributed by atoms with Crippen LogP contribution in [0.4, 0.5) is 10.7 Å². The number of esters is 1. The zero-order valence-electron chi connectivity index (χ0n) is 19.3. The topological polar surface area (TPSA) is 184 Å². The van der Waals surface area contributed by atoms with Crippen LogP contribution in [0, 0.1) is 5.92 Å². The molecule has 3 rings (SSSR count). The monoisotopic (exact) mass is 488 g/mol. The number of benzene rings is 1. The first-order valence-electron chi connectivity index (χ1n) is 10.9. The molecule has 1 amide bonds. The lowest BCUT2D eigenvalue weighted by molar-refractivity contribution is -0.154. The average Bonchev–Trinajstić information content (AvgIpc) is 3.24. The van der Waals surface area contributed by atoms with Crippen LogP contribution in [0.3, 0.4) is 0 Å². The van der Waals surface area contributed by atoms with Crippen LogP contribution in [0.2, 0.25) is 0 Å². The summed E-state index contributed by atoms with van der Waals surface area (Å²) in [6, 6.07) is 8.16. The molecule has 0 saturated carbocycles. The third-order valence-corrected chi connectivity index (χ3v) is 4.96. The molecule has 0 saturated heterocycles. The van der Waals surface area contributed by atoms with Crippen molar-refractivity contribution in [3.05, 3.63) is 52.6 Å². The lowest BCUT2D eigenvalue weighted by atomic mass is 10.1. The Labute approximate surface area is 200 Å². The molecule has 5 N–H and O–H groups in total. The number of aliphatic hydroxyl groups excluding tert-OH is 1. The van der Waals surface area contributed by atoms with Gasteiger partial charge in [0, 0.05) is 0 Å². The van der Waals surface area contributed by atoms with E-state index in [0.717, 1.165) is 5.56 Å². The van der Waals surface area contributed by atoms with Crippen molar-refractivity contribution in [1.29, 1.82) is 0 Å². The number of nitrogens with one attached hydrogen (secondary N) is 2. The van der Waals surface area contributed by atoms with E-state index in [1.54, 1.807) is 13.8 Å². The van der Waals surface area contributed by atoms with Crippen molar-refractivity contribution in [2.75, 3.05) is 18.9 Å². The van der Waals surface area contributed by atoms with E-state index in [4.69, 9.17) is 19.9 Å². The number of rotatable bonds is 11. The molecule has 13 nitrogen and oxygen atoms in total. The van der Waals surface area contributed by atoms with Crippen LogP contribution in [0.5, 0.6) is 0 Å². The molecule has 0 fully saturated rings. The highest BCUT2D eigenvalue weighted by atomic mass is 16.6. The highest BCUT2D eigenvalue weighted by molar-refractivity contribution is 5.81. The molecule has 1 aromatic carbocycles. The fourth-order valence-corrected chi connectivity index (χ4v) is 3.06. The number of carbonyl (C=O) groups is 2. The van der Waals surface area contributed by atoms with Gasteiger partial charge in [0.1, 0.15) is 32.1 Å². The molecule has 35 heavy (non-hydrogen) atoms. The van der Waals surface area contributed by atoms with E-state index in [1.165, 1.54) is 10.9 Å². The first-order valence-corrected chi connectivity index (χ1v) is 10.9. The predicted octanol–water partition coefficient (Wildman–Crippen LogP) is 0.531. The van der Waals surface area contributed by atoms with Crippen LogP contribution in [0.25, 0.3) is 11.2 Å². The molecule has 0 radical (unpaired) electrons. The summed E-state index contributed by atoms with van der Waals surface area (Å²) in [4.78, 5) is 46.9. The number of aromatic amines is 1. The summed E-state index contributed by atoms with van der Waals surface area (Å²) in [6.45, 7) is 2.69. The lowest BCUT2D eigenvalue weighted by Crippen LogP contribution is -2.46. The number of nitrogen functional groups attached to an aromatic ring is 1. The maximum atomic E-state index is 12.6. The van der Waals surface area contributed by atoms with Crippen molar-refractivity contribution >= 4 is 29.2 Å². The number of hydrogen-bond donors (Lipinski definition) is 4. The van der Waals surface area contributed by atoms with Gasteiger partial charge in [0.2, 0.25) is 5.95 Å². The fourth-order valence-electron chi connectivity index (χ4n) is 3.06. The minimum Gasteiger partial charge on any atom is -0.461 e. The number of aliphatic hydroxyl groups is 1. The van der Waals surface area contributed by atoms with Gasteiger partial charge >= 0.3 is 12.1 Å². The van der Waals surface area contributed by atoms with Crippen molar-refractivity contribution in [2.45, 2.75) is 39.3 Å². The Bertz CT molecular complexity index is 1190. The summed E-state index contributed by atoms with van der Waals surface area (Å²) in [5, 5.41) is 12.1. The van der Waals surface area contributed by atoms with Gasteiger partial charge in [-0.3, -0.25) is 14.3 Å². The number of carbonyl (C=O) groups excluding carboxylic acids is 2. The van der Waals surface area contributed by atoms with E-state index in [0.29, 0.717) is 0 Å². The van der Waals surface area contributed by atoms with Gasteiger partial charge < -0.3 is 30.4 Å². The van der Waals surface area contributed by atoms with E-state index in [9.17, 15) is 19.5 Å². The predicted molar refractivity (Wildman–Crippen MR) is 124 cm³/mol. The third kappa shape index (κ3) is 7.01. The number of hydrogen-bond acceptors (Lipinski definition) is 10. The first-order chi connectivity index (χ1) is 16.8. The van der Waals surface area contributed by atoms with Gasteiger partial charge in [-0.25, -0.2) is 14.6 Å². The number of amides is 1. The summed E-state index contributed by atoms with van der Waals surface area (Å²) >= 11 is 0. The zero-order chi connectivity index (χ0) is 25.4. The largest absolute Gasteiger partial charge is 0.461 e. The van der Waals surface area contributed by atoms with Crippen LogP contribution in [-0.4, -0.2) is 62.0 Å². The maximum Gasteiger partial charge on any atom is 0.408 e. The summed E-state index contributed by atoms with van der Waals surface area (Å²) in [5.41, 5.74) is 6.17. The molecular formula is C22H28N6O7. The maximum absolute atomic E-state index is 12.6. The minimum absolute atomic E-state index is 0.0578. The van der Waals surface area contributed by atoms with Gasteiger partial charge in [-0.05, 0) is 11.5 Å². The smallest absolute Gasteiger partial charge is 0.408 e. The molecular weight excluding hydrogens is 460 g/mol. The summed E-state index contributed by atoms with van der Waals surface area (Å²) in [5.74, 6) is -1.06. The van der Waals surface area contributed by atoms with E-state index >= 15 is 0 Å². The molecule has 13 heteroatoms.